The van der Waals surface area contributed by atoms with Crippen LogP contribution in [-0.4, -0.2) is 16.7 Å². The van der Waals surface area contributed by atoms with Gasteiger partial charge < -0.3 is 11.1 Å². The molecule has 2 aromatic rings. The maximum absolute atomic E-state index is 12.2. The molecule has 0 unspecified atom stereocenters. The fraction of sp³-hybridized carbons (Fsp3) is 0. The summed E-state index contributed by atoms with van der Waals surface area (Å²) in [5.74, 6) is -1.41. The van der Waals surface area contributed by atoms with Crippen molar-refractivity contribution >= 4 is 46.4 Å². The SMILES string of the molecule is NC(=O)c1cc(NC(=O)c2cccc([N+](=O)[O-])c2)c(Cl)cc1Cl. The number of halogens is 2. The van der Waals surface area contributed by atoms with E-state index in [0.29, 0.717) is 0 Å². The number of carbonyl (C=O) groups excluding carboxylic acids is 2. The van der Waals surface area contributed by atoms with Crippen LogP contribution in [-0.2, 0) is 0 Å². The Labute approximate surface area is 140 Å². The van der Waals surface area contributed by atoms with Crippen molar-refractivity contribution in [3.05, 3.63) is 67.7 Å². The number of nitrogens with zero attached hydrogens (tertiary/aromatic N) is 1. The number of anilines is 1. The fourth-order valence-corrected chi connectivity index (χ4v) is 2.31. The average molecular weight is 354 g/mol. The molecule has 0 fully saturated rings. The molecule has 0 aliphatic rings. The van der Waals surface area contributed by atoms with Crippen molar-refractivity contribution in [2.24, 2.45) is 5.73 Å². The van der Waals surface area contributed by atoms with Crippen LogP contribution in [0, 0.1) is 10.1 Å². The minimum absolute atomic E-state index is 0.00888. The lowest BCUT2D eigenvalue weighted by Crippen LogP contribution is -2.15. The van der Waals surface area contributed by atoms with Gasteiger partial charge >= 0.3 is 0 Å². The Hall–Kier alpha value is -2.64. The number of hydrogen-bond acceptors (Lipinski definition) is 4. The average Bonchev–Trinajstić information content (AvgIpc) is 2.49. The number of nitrogens with one attached hydrogen (secondary N) is 1. The maximum atomic E-state index is 12.2. The molecule has 0 aliphatic carbocycles. The lowest BCUT2D eigenvalue weighted by molar-refractivity contribution is -0.384. The van der Waals surface area contributed by atoms with Crippen molar-refractivity contribution in [1.82, 2.24) is 0 Å². The summed E-state index contributed by atoms with van der Waals surface area (Å²) >= 11 is 11.8. The van der Waals surface area contributed by atoms with Crippen molar-refractivity contribution in [2.75, 3.05) is 5.32 Å². The second-order valence-electron chi connectivity index (χ2n) is 4.44. The van der Waals surface area contributed by atoms with E-state index >= 15 is 0 Å². The van der Waals surface area contributed by atoms with Crippen molar-refractivity contribution in [3.63, 3.8) is 0 Å². The van der Waals surface area contributed by atoms with E-state index in [2.05, 4.69) is 5.32 Å². The zero-order chi connectivity index (χ0) is 17.1. The lowest BCUT2D eigenvalue weighted by atomic mass is 10.1. The van der Waals surface area contributed by atoms with Crippen LogP contribution in [0.4, 0.5) is 11.4 Å². The summed E-state index contributed by atoms with van der Waals surface area (Å²) in [6.45, 7) is 0. The van der Waals surface area contributed by atoms with E-state index in [0.717, 1.165) is 6.07 Å². The smallest absolute Gasteiger partial charge is 0.270 e. The monoisotopic (exact) mass is 353 g/mol. The molecule has 9 heteroatoms. The number of nitrogens with two attached hydrogens (primary N) is 1. The Balaban J connectivity index is 2.33. The molecule has 0 spiro atoms. The summed E-state index contributed by atoms with van der Waals surface area (Å²) in [4.78, 5) is 33.6. The molecule has 7 nitrogen and oxygen atoms in total. The van der Waals surface area contributed by atoms with Gasteiger partial charge in [-0.3, -0.25) is 19.7 Å². The second kappa shape index (κ2) is 6.64. The highest BCUT2D eigenvalue weighted by Crippen LogP contribution is 2.29. The van der Waals surface area contributed by atoms with E-state index in [-0.39, 0.29) is 32.5 Å². The molecule has 3 N–H and O–H groups in total. The number of rotatable bonds is 4. The van der Waals surface area contributed by atoms with Gasteiger partial charge in [0.05, 0.1) is 26.2 Å². The predicted octanol–water partition coefficient (Wildman–Crippen LogP) is 3.25. The van der Waals surface area contributed by atoms with E-state index in [1.165, 1.54) is 30.3 Å². The Kier molecular flexibility index (Phi) is 4.83. The molecule has 0 saturated carbocycles. The van der Waals surface area contributed by atoms with Gasteiger partial charge in [-0.15, -0.1) is 0 Å². The number of benzene rings is 2. The Bertz CT molecular complexity index is 824. The number of carbonyl (C=O) groups is 2. The standard InChI is InChI=1S/C14H9Cl2N3O4/c15-10-6-11(16)12(5-9(10)13(17)20)18-14(21)7-2-1-3-8(4-7)19(22)23/h1-6H,(H2,17,20)(H,18,21). The molecule has 0 atom stereocenters. The molecular formula is C14H9Cl2N3O4. The Morgan fingerprint density at radius 2 is 1.83 bits per heavy atom. The third-order valence-corrected chi connectivity index (χ3v) is 3.51. The first-order chi connectivity index (χ1) is 10.8. The largest absolute Gasteiger partial charge is 0.366 e. The highest BCUT2D eigenvalue weighted by atomic mass is 35.5. The van der Waals surface area contributed by atoms with E-state index in [9.17, 15) is 19.7 Å². The molecule has 0 aliphatic heterocycles. The van der Waals surface area contributed by atoms with Gasteiger partial charge in [0.2, 0.25) is 5.91 Å². The van der Waals surface area contributed by atoms with Crippen LogP contribution in [0.2, 0.25) is 10.0 Å². The van der Waals surface area contributed by atoms with Crippen molar-refractivity contribution in [1.29, 1.82) is 0 Å². The number of primary amides is 1. The summed E-state index contributed by atoms with van der Waals surface area (Å²) < 4.78 is 0. The summed E-state index contributed by atoms with van der Waals surface area (Å²) in [7, 11) is 0. The minimum atomic E-state index is -0.780. The molecule has 23 heavy (non-hydrogen) atoms. The summed E-state index contributed by atoms with van der Waals surface area (Å²) in [5, 5.41) is 13.3. The van der Waals surface area contributed by atoms with Gasteiger partial charge in [-0.2, -0.15) is 0 Å². The zero-order valence-electron chi connectivity index (χ0n) is 11.4. The first-order valence-corrected chi connectivity index (χ1v) is 6.90. The third kappa shape index (κ3) is 3.77. The van der Waals surface area contributed by atoms with Crippen LogP contribution >= 0.6 is 23.2 Å². The van der Waals surface area contributed by atoms with Gasteiger partial charge in [-0.25, -0.2) is 0 Å². The normalized spacial score (nSPS) is 10.2. The van der Waals surface area contributed by atoms with Crippen LogP contribution in [0.25, 0.3) is 0 Å². The van der Waals surface area contributed by atoms with Crippen LogP contribution in [0.15, 0.2) is 36.4 Å². The lowest BCUT2D eigenvalue weighted by Gasteiger charge is -2.10. The first-order valence-electron chi connectivity index (χ1n) is 6.14. The number of non-ortho nitro benzene ring substituents is 1. The van der Waals surface area contributed by atoms with Crippen LogP contribution in [0.1, 0.15) is 20.7 Å². The molecule has 118 valence electrons. The summed E-state index contributed by atoms with van der Waals surface area (Å²) in [6.07, 6.45) is 0. The van der Waals surface area contributed by atoms with Crippen molar-refractivity contribution in [3.8, 4) is 0 Å². The molecule has 2 rings (SSSR count). The van der Waals surface area contributed by atoms with E-state index in [4.69, 9.17) is 28.9 Å². The quantitative estimate of drug-likeness (QED) is 0.648. The molecule has 0 heterocycles. The van der Waals surface area contributed by atoms with Gasteiger partial charge in [-0.1, -0.05) is 29.3 Å². The van der Waals surface area contributed by atoms with Crippen molar-refractivity contribution in [2.45, 2.75) is 0 Å². The maximum Gasteiger partial charge on any atom is 0.270 e. The molecule has 0 bridgehead atoms. The number of amides is 2. The predicted molar refractivity (Wildman–Crippen MR) is 86.0 cm³/mol. The highest BCUT2D eigenvalue weighted by Gasteiger charge is 2.16. The van der Waals surface area contributed by atoms with E-state index < -0.39 is 16.7 Å². The zero-order valence-corrected chi connectivity index (χ0v) is 12.9. The molecule has 0 radical (unpaired) electrons. The van der Waals surface area contributed by atoms with Crippen LogP contribution < -0.4 is 11.1 Å². The number of nitro benzene ring substituents is 1. The topological polar surface area (TPSA) is 115 Å². The highest BCUT2D eigenvalue weighted by molar-refractivity contribution is 6.38. The second-order valence-corrected chi connectivity index (χ2v) is 5.25. The van der Waals surface area contributed by atoms with Gasteiger partial charge in [-0.05, 0) is 18.2 Å². The van der Waals surface area contributed by atoms with E-state index in [1.807, 2.05) is 0 Å². The number of nitro groups is 1. The van der Waals surface area contributed by atoms with Gasteiger partial charge in [0.15, 0.2) is 0 Å². The minimum Gasteiger partial charge on any atom is -0.366 e. The molecule has 2 amide bonds. The molecule has 2 aromatic carbocycles. The Morgan fingerprint density at radius 1 is 1.13 bits per heavy atom. The molecule has 0 aromatic heterocycles. The molecule has 0 saturated heterocycles. The number of hydrogen-bond donors (Lipinski definition) is 2. The third-order valence-electron chi connectivity index (χ3n) is 2.89. The summed E-state index contributed by atoms with van der Waals surface area (Å²) in [6, 6.07) is 7.67. The van der Waals surface area contributed by atoms with Crippen LogP contribution in [0.5, 0.6) is 0 Å². The van der Waals surface area contributed by atoms with Crippen molar-refractivity contribution < 1.29 is 14.5 Å². The van der Waals surface area contributed by atoms with E-state index in [1.54, 1.807) is 0 Å². The fourth-order valence-electron chi connectivity index (χ4n) is 1.79. The summed E-state index contributed by atoms with van der Waals surface area (Å²) in [5.41, 5.74) is 5.11. The van der Waals surface area contributed by atoms with Gasteiger partial charge in [0.25, 0.3) is 11.6 Å². The van der Waals surface area contributed by atoms with Gasteiger partial charge in [0.1, 0.15) is 0 Å². The van der Waals surface area contributed by atoms with Crippen LogP contribution in [0.3, 0.4) is 0 Å². The molecular weight excluding hydrogens is 345 g/mol. The van der Waals surface area contributed by atoms with Gasteiger partial charge in [0, 0.05) is 17.7 Å². The first kappa shape index (κ1) is 16.7. The Morgan fingerprint density at radius 3 is 2.43 bits per heavy atom.